The average molecular weight is 270 g/mol. The molecule has 1 aliphatic carbocycles. The van der Waals surface area contributed by atoms with E-state index in [2.05, 4.69) is 5.32 Å². The van der Waals surface area contributed by atoms with Crippen LogP contribution in [0.3, 0.4) is 0 Å². The summed E-state index contributed by atoms with van der Waals surface area (Å²) in [6.45, 7) is 0. The van der Waals surface area contributed by atoms with E-state index in [-0.39, 0.29) is 17.8 Å². The standard InChI is InChI=1S/C13H16F2N2O2/c14-8-5-6-11(9(15)7-8)17-13(18)19-12-4-2-1-3-10(12)16/h5-7,10,12H,1-4,16H2,(H,17,18). The van der Waals surface area contributed by atoms with Gasteiger partial charge >= 0.3 is 6.09 Å². The third-order valence-electron chi connectivity index (χ3n) is 3.18. The minimum absolute atomic E-state index is 0.115. The maximum absolute atomic E-state index is 13.3. The summed E-state index contributed by atoms with van der Waals surface area (Å²) in [5.74, 6) is -1.55. The Hall–Kier alpha value is -1.69. The van der Waals surface area contributed by atoms with Crippen LogP contribution >= 0.6 is 0 Å². The van der Waals surface area contributed by atoms with Crippen LogP contribution in [0.2, 0.25) is 0 Å². The van der Waals surface area contributed by atoms with Gasteiger partial charge in [-0.2, -0.15) is 0 Å². The largest absolute Gasteiger partial charge is 0.444 e. The van der Waals surface area contributed by atoms with Crippen molar-refractivity contribution in [1.29, 1.82) is 0 Å². The first-order valence-corrected chi connectivity index (χ1v) is 6.24. The normalized spacial score (nSPS) is 22.9. The van der Waals surface area contributed by atoms with Crippen LogP contribution in [-0.2, 0) is 4.74 Å². The van der Waals surface area contributed by atoms with Crippen LogP contribution in [0.4, 0.5) is 19.3 Å². The molecule has 3 N–H and O–H groups in total. The number of anilines is 1. The van der Waals surface area contributed by atoms with Gasteiger partial charge in [-0.25, -0.2) is 13.6 Å². The Labute approximate surface area is 109 Å². The number of carbonyl (C=O) groups is 1. The molecular weight excluding hydrogens is 254 g/mol. The number of nitrogens with two attached hydrogens (primary N) is 1. The highest BCUT2D eigenvalue weighted by molar-refractivity contribution is 5.84. The smallest absolute Gasteiger partial charge is 0.412 e. The number of amides is 1. The van der Waals surface area contributed by atoms with Crippen LogP contribution < -0.4 is 11.1 Å². The Balaban J connectivity index is 1.93. The first-order chi connectivity index (χ1) is 9.06. The van der Waals surface area contributed by atoms with Crippen molar-refractivity contribution in [2.75, 3.05) is 5.32 Å². The summed E-state index contributed by atoms with van der Waals surface area (Å²) >= 11 is 0. The fourth-order valence-corrected chi connectivity index (χ4v) is 2.14. The van der Waals surface area contributed by atoms with E-state index < -0.39 is 17.7 Å². The molecule has 1 fully saturated rings. The lowest BCUT2D eigenvalue weighted by molar-refractivity contribution is 0.0728. The second kappa shape index (κ2) is 5.97. The third kappa shape index (κ3) is 3.64. The molecule has 4 nitrogen and oxygen atoms in total. The van der Waals surface area contributed by atoms with E-state index in [0.717, 1.165) is 31.4 Å². The van der Waals surface area contributed by atoms with Crippen LogP contribution in [-0.4, -0.2) is 18.2 Å². The molecule has 0 aliphatic heterocycles. The number of nitrogens with one attached hydrogen (secondary N) is 1. The molecule has 1 amide bonds. The zero-order chi connectivity index (χ0) is 13.8. The first-order valence-electron chi connectivity index (χ1n) is 6.24. The van der Waals surface area contributed by atoms with Gasteiger partial charge in [0.1, 0.15) is 17.7 Å². The van der Waals surface area contributed by atoms with Gasteiger partial charge in [0, 0.05) is 12.1 Å². The van der Waals surface area contributed by atoms with Gasteiger partial charge in [-0.1, -0.05) is 6.42 Å². The number of carbonyl (C=O) groups excluding carboxylic acids is 1. The van der Waals surface area contributed by atoms with E-state index >= 15 is 0 Å². The van der Waals surface area contributed by atoms with E-state index in [4.69, 9.17) is 10.5 Å². The molecule has 19 heavy (non-hydrogen) atoms. The lowest BCUT2D eigenvalue weighted by atomic mass is 9.93. The number of rotatable bonds is 2. The molecule has 0 radical (unpaired) electrons. The Morgan fingerprint density at radius 1 is 1.32 bits per heavy atom. The molecule has 1 aliphatic rings. The van der Waals surface area contributed by atoms with Crippen LogP contribution in [0, 0.1) is 11.6 Å². The summed E-state index contributed by atoms with van der Waals surface area (Å²) in [5.41, 5.74) is 5.73. The van der Waals surface area contributed by atoms with Gasteiger partial charge in [-0.05, 0) is 31.4 Å². The highest BCUT2D eigenvalue weighted by Gasteiger charge is 2.25. The molecule has 1 aromatic rings. The van der Waals surface area contributed by atoms with Gasteiger partial charge in [0.05, 0.1) is 5.69 Å². The summed E-state index contributed by atoms with van der Waals surface area (Å²) in [7, 11) is 0. The fourth-order valence-electron chi connectivity index (χ4n) is 2.14. The maximum atomic E-state index is 13.3. The molecule has 104 valence electrons. The van der Waals surface area contributed by atoms with E-state index in [1.165, 1.54) is 0 Å². The number of hydrogen-bond donors (Lipinski definition) is 2. The number of benzene rings is 1. The minimum atomic E-state index is -0.843. The summed E-state index contributed by atoms with van der Waals surface area (Å²) in [4.78, 5) is 11.6. The van der Waals surface area contributed by atoms with Crippen molar-refractivity contribution >= 4 is 11.8 Å². The Morgan fingerprint density at radius 2 is 2.05 bits per heavy atom. The molecule has 0 bridgehead atoms. The Bertz CT molecular complexity index is 468. The van der Waals surface area contributed by atoms with Gasteiger partial charge in [-0.3, -0.25) is 5.32 Å². The number of ether oxygens (including phenoxy) is 1. The van der Waals surface area contributed by atoms with Gasteiger partial charge in [0.25, 0.3) is 0 Å². The highest BCUT2D eigenvalue weighted by Crippen LogP contribution is 2.21. The number of hydrogen-bond acceptors (Lipinski definition) is 3. The molecule has 2 rings (SSSR count). The molecule has 1 aromatic carbocycles. The van der Waals surface area contributed by atoms with Crippen molar-refractivity contribution in [1.82, 2.24) is 0 Å². The van der Waals surface area contributed by atoms with Crippen molar-refractivity contribution in [3.05, 3.63) is 29.8 Å². The van der Waals surface area contributed by atoms with Gasteiger partial charge in [-0.15, -0.1) is 0 Å². The van der Waals surface area contributed by atoms with E-state index in [9.17, 15) is 13.6 Å². The maximum Gasteiger partial charge on any atom is 0.412 e. The quantitative estimate of drug-likeness (QED) is 0.868. The van der Waals surface area contributed by atoms with Crippen LogP contribution in [0.5, 0.6) is 0 Å². The van der Waals surface area contributed by atoms with Crippen LogP contribution in [0.25, 0.3) is 0 Å². The van der Waals surface area contributed by atoms with Crippen LogP contribution in [0.15, 0.2) is 18.2 Å². The lowest BCUT2D eigenvalue weighted by Gasteiger charge is -2.28. The first kappa shape index (κ1) is 13.7. The molecule has 2 atom stereocenters. The van der Waals surface area contributed by atoms with Crippen molar-refractivity contribution < 1.29 is 18.3 Å². The molecular formula is C13H16F2N2O2. The molecule has 0 saturated heterocycles. The van der Waals surface area contributed by atoms with Crippen molar-refractivity contribution in [2.45, 2.75) is 37.8 Å². The summed E-state index contributed by atoms with van der Waals surface area (Å²) in [5, 5.41) is 2.25. The molecule has 0 spiro atoms. The topological polar surface area (TPSA) is 64.3 Å². The third-order valence-corrected chi connectivity index (χ3v) is 3.18. The predicted octanol–water partition coefficient (Wildman–Crippen LogP) is 2.78. The minimum Gasteiger partial charge on any atom is -0.444 e. The number of halogens is 2. The molecule has 6 heteroatoms. The predicted molar refractivity (Wildman–Crippen MR) is 66.7 cm³/mol. The molecule has 0 heterocycles. The van der Waals surface area contributed by atoms with E-state index in [1.54, 1.807) is 0 Å². The van der Waals surface area contributed by atoms with Crippen LogP contribution in [0.1, 0.15) is 25.7 Å². The van der Waals surface area contributed by atoms with Crippen molar-refractivity contribution in [2.24, 2.45) is 5.73 Å². The summed E-state index contributed by atoms with van der Waals surface area (Å²) in [6.07, 6.45) is 2.37. The second-order valence-electron chi connectivity index (χ2n) is 4.64. The highest BCUT2D eigenvalue weighted by atomic mass is 19.1. The second-order valence-corrected chi connectivity index (χ2v) is 4.64. The monoisotopic (exact) mass is 270 g/mol. The van der Waals surface area contributed by atoms with Crippen molar-refractivity contribution in [3.8, 4) is 0 Å². The van der Waals surface area contributed by atoms with E-state index in [1.807, 2.05) is 0 Å². The summed E-state index contributed by atoms with van der Waals surface area (Å²) < 4.78 is 31.2. The van der Waals surface area contributed by atoms with Gasteiger partial charge < -0.3 is 10.5 Å². The Morgan fingerprint density at radius 3 is 2.74 bits per heavy atom. The average Bonchev–Trinajstić information content (AvgIpc) is 2.36. The zero-order valence-electron chi connectivity index (χ0n) is 10.4. The molecule has 0 aromatic heterocycles. The van der Waals surface area contributed by atoms with Gasteiger partial charge in [0.2, 0.25) is 0 Å². The zero-order valence-corrected chi connectivity index (χ0v) is 10.4. The lowest BCUT2D eigenvalue weighted by Crippen LogP contribution is -2.41. The Kier molecular flexibility index (Phi) is 4.31. The van der Waals surface area contributed by atoms with Crippen molar-refractivity contribution in [3.63, 3.8) is 0 Å². The fraction of sp³-hybridized carbons (Fsp3) is 0.462. The molecule has 2 unspecified atom stereocenters. The van der Waals surface area contributed by atoms with Gasteiger partial charge in [0.15, 0.2) is 0 Å². The SMILES string of the molecule is NC1CCCCC1OC(=O)Nc1ccc(F)cc1F. The molecule has 1 saturated carbocycles. The van der Waals surface area contributed by atoms with E-state index in [0.29, 0.717) is 12.5 Å². The summed E-state index contributed by atoms with van der Waals surface area (Å²) in [6, 6.07) is 2.72.